The van der Waals surface area contributed by atoms with Crippen LogP contribution < -0.4 is 4.90 Å². The first kappa shape index (κ1) is 14.8. The van der Waals surface area contributed by atoms with Gasteiger partial charge in [0.2, 0.25) is 11.8 Å². The molecule has 1 aliphatic heterocycles. The molecule has 3 nitrogen and oxygen atoms in total. The number of carbonyl (C=O) groups is 2. The molecule has 22 heavy (non-hydrogen) atoms. The average Bonchev–Trinajstić information content (AvgIpc) is 2.71. The lowest BCUT2D eigenvalue weighted by Gasteiger charge is -2.22. The molecule has 1 aromatic carbocycles. The Balaban J connectivity index is 2.00. The molecule has 0 radical (unpaired) electrons. The SMILES string of the molecule is C[C@@H]1C=CC[C@H]2C(=O)N(c3cccc(C(F)(F)F)c3)C(=O)[C@@H]12. The van der Waals surface area contributed by atoms with Crippen molar-refractivity contribution in [1.82, 2.24) is 0 Å². The van der Waals surface area contributed by atoms with Crippen LogP contribution in [0.3, 0.4) is 0 Å². The quantitative estimate of drug-likeness (QED) is 0.589. The first-order chi connectivity index (χ1) is 10.3. The maximum atomic E-state index is 12.8. The van der Waals surface area contributed by atoms with Gasteiger partial charge in [0.1, 0.15) is 0 Å². The van der Waals surface area contributed by atoms with Gasteiger partial charge in [-0.15, -0.1) is 0 Å². The average molecular weight is 309 g/mol. The third kappa shape index (κ3) is 2.23. The molecular formula is C16H14F3NO2. The van der Waals surface area contributed by atoms with Crippen molar-refractivity contribution in [2.45, 2.75) is 19.5 Å². The topological polar surface area (TPSA) is 37.4 Å². The van der Waals surface area contributed by atoms with Gasteiger partial charge >= 0.3 is 6.18 Å². The van der Waals surface area contributed by atoms with E-state index in [1.807, 2.05) is 19.1 Å². The monoisotopic (exact) mass is 309 g/mol. The zero-order valence-corrected chi connectivity index (χ0v) is 11.8. The Morgan fingerprint density at radius 2 is 1.91 bits per heavy atom. The largest absolute Gasteiger partial charge is 0.416 e. The number of benzene rings is 1. The van der Waals surface area contributed by atoms with E-state index >= 15 is 0 Å². The summed E-state index contributed by atoms with van der Waals surface area (Å²) in [5.74, 6) is -1.86. The van der Waals surface area contributed by atoms with Crippen LogP contribution in [0.5, 0.6) is 0 Å². The summed E-state index contributed by atoms with van der Waals surface area (Å²) in [5, 5.41) is 0. The molecule has 1 heterocycles. The normalized spacial score (nSPS) is 28.2. The smallest absolute Gasteiger partial charge is 0.274 e. The van der Waals surface area contributed by atoms with E-state index in [1.54, 1.807) is 0 Å². The number of fused-ring (bicyclic) bond motifs is 1. The van der Waals surface area contributed by atoms with Gasteiger partial charge in [-0.25, -0.2) is 0 Å². The Bertz CT molecular complexity index is 666. The van der Waals surface area contributed by atoms with Gasteiger partial charge in [-0.05, 0) is 30.5 Å². The summed E-state index contributed by atoms with van der Waals surface area (Å²) in [6, 6.07) is 4.35. The van der Waals surface area contributed by atoms with Crippen molar-refractivity contribution in [3.8, 4) is 0 Å². The van der Waals surface area contributed by atoms with Crippen molar-refractivity contribution in [2.75, 3.05) is 4.90 Å². The van der Waals surface area contributed by atoms with Gasteiger partial charge in [-0.2, -0.15) is 13.2 Å². The number of imide groups is 1. The molecule has 0 bridgehead atoms. The molecule has 2 aliphatic rings. The van der Waals surface area contributed by atoms with E-state index in [2.05, 4.69) is 0 Å². The van der Waals surface area contributed by atoms with E-state index in [-0.39, 0.29) is 11.6 Å². The summed E-state index contributed by atoms with van der Waals surface area (Å²) in [6.45, 7) is 1.84. The summed E-state index contributed by atoms with van der Waals surface area (Å²) >= 11 is 0. The van der Waals surface area contributed by atoms with E-state index in [9.17, 15) is 22.8 Å². The lowest BCUT2D eigenvalue weighted by Crippen LogP contribution is -2.31. The molecule has 0 unspecified atom stereocenters. The van der Waals surface area contributed by atoms with Gasteiger partial charge in [0.25, 0.3) is 0 Å². The van der Waals surface area contributed by atoms with E-state index < -0.39 is 35.4 Å². The van der Waals surface area contributed by atoms with Crippen LogP contribution in [0.25, 0.3) is 0 Å². The van der Waals surface area contributed by atoms with Crippen LogP contribution in [0.2, 0.25) is 0 Å². The van der Waals surface area contributed by atoms with Gasteiger partial charge < -0.3 is 0 Å². The zero-order valence-electron chi connectivity index (χ0n) is 11.8. The maximum Gasteiger partial charge on any atom is 0.416 e. The Morgan fingerprint density at radius 1 is 1.18 bits per heavy atom. The number of alkyl halides is 3. The van der Waals surface area contributed by atoms with Crippen molar-refractivity contribution in [3.05, 3.63) is 42.0 Å². The first-order valence-electron chi connectivity index (χ1n) is 7.02. The lowest BCUT2D eigenvalue weighted by molar-refractivity contribution is -0.137. The highest BCUT2D eigenvalue weighted by atomic mass is 19.4. The second-order valence-corrected chi connectivity index (χ2v) is 5.72. The van der Waals surface area contributed by atoms with E-state index in [4.69, 9.17) is 0 Å². The second-order valence-electron chi connectivity index (χ2n) is 5.72. The van der Waals surface area contributed by atoms with Crippen LogP contribution in [-0.4, -0.2) is 11.8 Å². The number of halogens is 3. The predicted molar refractivity (Wildman–Crippen MR) is 73.8 cm³/mol. The van der Waals surface area contributed by atoms with E-state index in [0.717, 1.165) is 17.0 Å². The summed E-state index contributed by atoms with van der Waals surface area (Å²) in [6.07, 6.45) is -0.326. The minimum atomic E-state index is -4.51. The molecule has 1 saturated heterocycles. The fourth-order valence-corrected chi connectivity index (χ4v) is 3.22. The van der Waals surface area contributed by atoms with Crippen LogP contribution in [0, 0.1) is 17.8 Å². The number of hydrogen-bond acceptors (Lipinski definition) is 2. The molecule has 3 rings (SSSR count). The van der Waals surface area contributed by atoms with Gasteiger partial charge in [-0.3, -0.25) is 14.5 Å². The number of rotatable bonds is 1. The highest BCUT2D eigenvalue weighted by molar-refractivity contribution is 6.22. The minimum Gasteiger partial charge on any atom is -0.274 e. The van der Waals surface area contributed by atoms with Crippen molar-refractivity contribution >= 4 is 17.5 Å². The van der Waals surface area contributed by atoms with Gasteiger partial charge in [-0.1, -0.05) is 25.1 Å². The molecule has 0 N–H and O–H groups in total. The second kappa shape index (κ2) is 4.97. The zero-order chi connectivity index (χ0) is 16.1. The Morgan fingerprint density at radius 3 is 2.55 bits per heavy atom. The van der Waals surface area contributed by atoms with Crippen LogP contribution in [0.4, 0.5) is 18.9 Å². The van der Waals surface area contributed by atoms with E-state index in [0.29, 0.717) is 6.42 Å². The Hall–Kier alpha value is -2.11. The van der Waals surface area contributed by atoms with Crippen LogP contribution in [0.1, 0.15) is 18.9 Å². The molecule has 1 aliphatic carbocycles. The van der Waals surface area contributed by atoms with Crippen molar-refractivity contribution < 1.29 is 22.8 Å². The number of hydrogen-bond donors (Lipinski definition) is 0. The fraction of sp³-hybridized carbons (Fsp3) is 0.375. The molecule has 6 heteroatoms. The molecule has 1 fully saturated rings. The van der Waals surface area contributed by atoms with Gasteiger partial charge in [0, 0.05) is 0 Å². The molecular weight excluding hydrogens is 295 g/mol. The molecule has 1 aromatic rings. The Kier molecular flexibility index (Phi) is 3.34. The van der Waals surface area contributed by atoms with Gasteiger partial charge in [0.05, 0.1) is 23.1 Å². The Labute approximate surface area is 125 Å². The maximum absolute atomic E-state index is 12.8. The summed E-state index contributed by atoms with van der Waals surface area (Å²) in [7, 11) is 0. The third-order valence-electron chi connectivity index (χ3n) is 4.30. The minimum absolute atomic E-state index is 0.00794. The molecule has 2 amide bonds. The van der Waals surface area contributed by atoms with Crippen molar-refractivity contribution in [2.24, 2.45) is 17.8 Å². The van der Waals surface area contributed by atoms with E-state index in [1.165, 1.54) is 12.1 Å². The number of amides is 2. The van der Waals surface area contributed by atoms with Crippen molar-refractivity contribution in [3.63, 3.8) is 0 Å². The van der Waals surface area contributed by atoms with Crippen LogP contribution in [0.15, 0.2) is 36.4 Å². The number of allylic oxidation sites excluding steroid dienone is 2. The number of anilines is 1. The predicted octanol–water partition coefficient (Wildman–Crippen LogP) is 3.41. The molecule has 116 valence electrons. The van der Waals surface area contributed by atoms with Crippen LogP contribution in [-0.2, 0) is 15.8 Å². The fourth-order valence-electron chi connectivity index (χ4n) is 3.22. The molecule has 0 saturated carbocycles. The number of nitrogens with zero attached hydrogens (tertiary/aromatic N) is 1. The summed E-state index contributed by atoms with van der Waals surface area (Å²) in [4.78, 5) is 25.9. The highest BCUT2D eigenvalue weighted by Gasteiger charge is 2.50. The summed E-state index contributed by atoms with van der Waals surface area (Å²) in [5.41, 5.74) is -0.877. The lowest BCUT2D eigenvalue weighted by atomic mass is 9.78. The first-order valence-corrected chi connectivity index (χ1v) is 7.02. The third-order valence-corrected chi connectivity index (χ3v) is 4.30. The standard InChI is InChI=1S/C16H14F3NO2/c1-9-4-2-7-12-13(9)15(22)20(14(12)21)11-6-3-5-10(8-11)16(17,18)19/h2-6,8-9,12-13H,7H2,1H3/t9-,12-,13+/m1/s1. The van der Waals surface area contributed by atoms with Crippen LogP contribution >= 0.6 is 0 Å². The van der Waals surface area contributed by atoms with Crippen molar-refractivity contribution in [1.29, 1.82) is 0 Å². The highest BCUT2D eigenvalue weighted by Crippen LogP contribution is 2.41. The molecule has 3 atom stereocenters. The van der Waals surface area contributed by atoms with Gasteiger partial charge in [0.15, 0.2) is 0 Å². The molecule has 0 aromatic heterocycles. The summed E-state index contributed by atoms with van der Waals surface area (Å²) < 4.78 is 38.4. The number of carbonyl (C=O) groups excluding carboxylic acids is 2. The molecule has 0 spiro atoms.